The van der Waals surface area contributed by atoms with Gasteiger partial charge in [0.15, 0.2) is 11.5 Å². The Balaban J connectivity index is 1.42. The molecule has 0 radical (unpaired) electrons. The molecule has 5 heteroatoms. The number of hydrogen-bond acceptors (Lipinski definition) is 5. The first-order valence-electron chi connectivity index (χ1n) is 8.40. The van der Waals surface area contributed by atoms with Crippen LogP contribution in [0.15, 0.2) is 34.9 Å². The molecular formula is C19H23NO4. The van der Waals surface area contributed by atoms with Crippen LogP contribution in [0, 0.1) is 12.8 Å². The summed E-state index contributed by atoms with van der Waals surface area (Å²) in [5, 5.41) is 3.86. The molecular weight excluding hydrogens is 306 g/mol. The molecule has 0 saturated carbocycles. The van der Waals surface area contributed by atoms with Gasteiger partial charge in [0.2, 0.25) is 0 Å². The molecule has 1 aliphatic rings. The molecule has 24 heavy (non-hydrogen) atoms. The summed E-state index contributed by atoms with van der Waals surface area (Å²) in [6.45, 7) is 4.45. The van der Waals surface area contributed by atoms with Gasteiger partial charge in [-0.1, -0.05) is 35.0 Å². The highest BCUT2D eigenvalue weighted by Gasteiger charge is 2.19. The standard InChI is InChI=1S/C19H23NO4/c1-14-2-4-15(5-3-14)12-23-13-17-10-18(20-24-17)19(21)7-6-16-8-9-22-11-16/h2-5,10,16H,6-9,11-13H2,1H3. The lowest BCUT2D eigenvalue weighted by molar-refractivity contribution is 0.0879. The molecule has 3 rings (SSSR count). The van der Waals surface area contributed by atoms with Crippen molar-refractivity contribution >= 4 is 5.78 Å². The number of hydrogen-bond donors (Lipinski definition) is 0. The fraction of sp³-hybridized carbons (Fsp3) is 0.474. The van der Waals surface area contributed by atoms with E-state index in [-0.39, 0.29) is 5.78 Å². The third-order valence-electron chi connectivity index (χ3n) is 4.28. The normalized spacial score (nSPS) is 17.3. The topological polar surface area (TPSA) is 61.6 Å². The Morgan fingerprint density at radius 3 is 2.88 bits per heavy atom. The molecule has 1 aromatic carbocycles. The lowest BCUT2D eigenvalue weighted by Crippen LogP contribution is -2.05. The van der Waals surface area contributed by atoms with Crippen LogP contribution >= 0.6 is 0 Å². The minimum atomic E-state index is 0.0236. The second-order valence-electron chi connectivity index (χ2n) is 6.35. The number of ether oxygens (including phenoxy) is 2. The molecule has 0 N–H and O–H groups in total. The monoisotopic (exact) mass is 329 g/mol. The number of benzene rings is 1. The van der Waals surface area contributed by atoms with Crippen LogP contribution in [0.5, 0.6) is 0 Å². The number of Topliss-reactive ketones (excluding diaryl/α,β-unsaturated/α-hetero) is 1. The van der Waals surface area contributed by atoms with Crippen LogP contribution in [0.4, 0.5) is 0 Å². The first-order chi connectivity index (χ1) is 11.7. The van der Waals surface area contributed by atoms with E-state index in [2.05, 4.69) is 24.2 Å². The Morgan fingerprint density at radius 1 is 1.29 bits per heavy atom. The van der Waals surface area contributed by atoms with Gasteiger partial charge in [-0.25, -0.2) is 0 Å². The summed E-state index contributed by atoms with van der Waals surface area (Å²) in [5.74, 6) is 1.10. The van der Waals surface area contributed by atoms with Crippen molar-refractivity contribution in [3.8, 4) is 0 Å². The van der Waals surface area contributed by atoms with Crippen molar-refractivity contribution in [3.63, 3.8) is 0 Å². The average Bonchev–Trinajstić information content (AvgIpc) is 3.26. The van der Waals surface area contributed by atoms with Crippen molar-refractivity contribution in [2.75, 3.05) is 13.2 Å². The van der Waals surface area contributed by atoms with Crippen LogP contribution in [0.3, 0.4) is 0 Å². The highest BCUT2D eigenvalue weighted by atomic mass is 16.5. The predicted octanol–water partition coefficient (Wildman–Crippen LogP) is 3.70. The van der Waals surface area contributed by atoms with Gasteiger partial charge in [0, 0.05) is 25.7 Å². The maximum Gasteiger partial charge on any atom is 0.184 e. The summed E-state index contributed by atoms with van der Waals surface area (Å²) in [5.41, 5.74) is 2.72. The van der Waals surface area contributed by atoms with Gasteiger partial charge in [0.05, 0.1) is 6.61 Å². The van der Waals surface area contributed by atoms with Crippen LogP contribution in [0.25, 0.3) is 0 Å². The van der Waals surface area contributed by atoms with Crippen molar-refractivity contribution in [1.29, 1.82) is 0 Å². The zero-order valence-electron chi connectivity index (χ0n) is 14.0. The minimum Gasteiger partial charge on any atom is -0.381 e. The molecule has 1 atom stereocenters. The maximum atomic E-state index is 12.1. The van der Waals surface area contributed by atoms with Crippen LogP contribution in [-0.2, 0) is 22.7 Å². The third-order valence-corrected chi connectivity index (χ3v) is 4.28. The molecule has 0 spiro atoms. The van der Waals surface area contributed by atoms with Crippen molar-refractivity contribution in [1.82, 2.24) is 5.16 Å². The molecule has 0 bridgehead atoms. The Hall–Kier alpha value is -1.98. The average molecular weight is 329 g/mol. The lowest BCUT2D eigenvalue weighted by Gasteiger charge is -2.04. The molecule has 1 aliphatic heterocycles. The zero-order valence-corrected chi connectivity index (χ0v) is 14.0. The lowest BCUT2D eigenvalue weighted by atomic mass is 10.00. The highest BCUT2D eigenvalue weighted by Crippen LogP contribution is 2.19. The van der Waals surface area contributed by atoms with Gasteiger partial charge in [-0.3, -0.25) is 4.79 Å². The number of carbonyl (C=O) groups is 1. The minimum absolute atomic E-state index is 0.0236. The number of rotatable bonds is 8. The van der Waals surface area contributed by atoms with Crippen molar-refractivity contribution in [2.24, 2.45) is 5.92 Å². The second kappa shape index (κ2) is 8.22. The number of carbonyl (C=O) groups excluding carboxylic acids is 1. The van der Waals surface area contributed by atoms with Crippen LogP contribution in [0.2, 0.25) is 0 Å². The second-order valence-corrected chi connectivity index (χ2v) is 6.35. The first-order valence-corrected chi connectivity index (χ1v) is 8.40. The molecule has 0 amide bonds. The van der Waals surface area contributed by atoms with Gasteiger partial charge >= 0.3 is 0 Å². The molecule has 5 nitrogen and oxygen atoms in total. The molecule has 1 saturated heterocycles. The Kier molecular flexibility index (Phi) is 5.77. The van der Waals surface area contributed by atoms with Crippen molar-refractivity contribution in [3.05, 3.63) is 52.9 Å². The van der Waals surface area contributed by atoms with Gasteiger partial charge in [-0.2, -0.15) is 0 Å². The van der Waals surface area contributed by atoms with Crippen molar-refractivity contribution in [2.45, 2.75) is 39.4 Å². The molecule has 1 unspecified atom stereocenters. The SMILES string of the molecule is Cc1ccc(COCc2cc(C(=O)CCC3CCOC3)no2)cc1. The van der Waals surface area contributed by atoms with Crippen molar-refractivity contribution < 1.29 is 18.8 Å². The molecule has 128 valence electrons. The summed E-state index contributed by atoms with van der Waals surface area (Å²) in [6.07, 6.45) is 2.39. The zero-order chi connectivity index (χ0) is 16.8. The fourth-order valence-electron chi connectivity index (χ4n) is 2.74. The van der Waals surface area contributed by atoms with E-state index in [1.54, 1.807) is 6.07 Å². The Morgan fingerprint density at radius 2 is 2.12 bits per heavy atom. The number of aromatic nitrogens is 1. The molecule has 1 aromatic heterocycles. The largest absolute Gasteiger partial charge is 0.381 e. The molecule has 2 heterocycles. The summed E-state index contributed by atoms with van der Waals surface area (Å²) < 4.78 is 16.1. The Bertz CT molecular complexity index is 656. The van der Waals surface area contributed by atoms with Gasteiger partial charge < -0.3 is 14.0 Å². The predicted molar refractivity (Wildman–Crippen MR) is 88.7 cm³/mol. The van der Waals surface area contributed by atoms with E-state index >= 15 is 0 Å². The van der Waals surface area contributed by atoms with E-state index < -0.39 is 0 Å². The van der Waals surface area contributed by atoms with E-state index in [1.165, 1.54) is 5.56 Å². The maximum absolute atomic E-state index is 12.1. The smallest absolute Gasteiger partial charge is 0.184 e. The highest BCUT2D eigenvalue weighted by molar-refractivity contribution is 5.94. The van der Waals surface area contributed by atoms with E-state index in [0.29, 0.717) is 37.0 Å². The Labute approximate surface area is 141 Å². The number of nitrogens with zero attached hydrogens (tertiary/aromatic N) is 1. The third kappa shape index (κ3) is 4.76. The quantitative estimate of drug-likeness (QED) is 0.691. The summed E-state index contributed by atoms with van der Waals surface area (Å²) in [6, 6.07) is 9.87. The van der Waals surface area contributed by atoms with E-state index in [4.69, 9.17) is 14.0 Å². The summed E-state index contributed by atoms with van der Waals surface area (Å²) >= 11 is 0. The molecule has 2 aromatic rings. The van der Waals surface area contributed by atoms with Gasteiger partial charge in [0.25, 0.3) is 0 Å². The molecule has 1 fully saturated rings. The van der Waals surface area contributed by atoms with Gasteiger partial charge in [-0.15, -0.1) is 0 Å². The fourth-order valence-corrected chi connectivity index (χ4v) is 2.74. The van der Waals surface area contributed by atoms with E-state index in [9.17, 15) is 4.79 Å². The first kappa shape index (κ1) is 16.9. The van der Waals surface area contributed by atoms with Crippen LogP contribution in [0.1, 0.15) is 46.6 Å². The van der Waals surface area contributed by atoms with Crippen LogP contribution < -0.4 is 0 Å². The van der Waals surface area contributed by atoms with Crippen LogP contribution in [-0.4, -0.2) is 24.2 Å². The number of ketones is 1. The molecule has 0 aliphatic carbocycles. The number of aryl methyl sites for hydroxylation is 1. The van der Waals surface area contributed by atoms with E-state index in [0.717, 1.165) is 31.6 Å². The summed E-state index contributed by atoms with van der Waals surface area (Å²) in [4.78, 5) is 12.1. The van der Waals surface area contributed by atoms with Gasteiger partial charge in [-0.05, 0) is 31.2 Å². The van der Waals surface area contributed by atoms with E-state index in [1.807, 2.05) is 12.1 Å². The van der Waals surface area contributed by atoms with Gasteiger partial charge in [0.1, 0.15) is 12.3 Å². The summed E-state index contributed by atoms with van der Waals surface area (Å²) in [7, 11) is 0.